The minimum atomic E-state index is 0.228. The second kappa shape index (κ2) is 2.54. The van der Waals surface area contributed by atoms with Crippen LogP contribution in [0.5, 0.6) is 0 Å². The Hall–Kier alpha value is 0.0300. The monoisotopic (exact) mass is 132 g/mol. The Morgan fingerprint density at radius 2 is 1.75 bits per heavy atom. The van der Waals surface area contributed by atoms with E-state index in [0.717, 1.165) is 5.03 Å². The Balaban J connectivity index is 3.89. The Morgan fingerprint density at radius 1 is 1.38 bits per heavy atom. The van der Waals surface area contributed by atoms with E-state index in [9.17, 15) is 0 Å². The fourth-order valence-electron chi connectivity index (χ4n) is 0.597. The molecule has 0 aromatic carbocycles. The highest BCUT2D eigenvalue weighted by Crippen LogP contribution is 2.18. The summed E-state index contributed by atoms with van der Waals surface area (Å²) in [6.45, 7) is 8.27. The molecule has 0 saturated carbocycles. The van der Waals surface area contributed by atoms with E-state index in [1.165, 1.54) is 0 Å². The van der Waals surface area contributed by atoms with Crippen molar-refractivity contribution >= 4 is 11.6 Å². The zero-order valence-electron chi connectivity index (χ0n) is 5.96. The van der Waals surface area contributed by atoms with Gasteiger partial charge in [0, 0.05) is 5.03 Å². The van der Waals surface area contributed by atoms with Gasteiger partial charge in [0.15, 0.2) is 0 Å². The van der Waals surface area contributed by atoms with Crippen molar-refractivity contribution in [1.29, 1.82) is 0 Å². The molecule has 8 heavy (non-hydrogen) atoms. The summed E-state index contributed by atoms with van der Waals surface area (Å²) in [5.41, 5.74) is 0.228. The van der Waals surface area contributed by atoms with E-state index < -0.39 is 0 Å². The van der Waals surface area contributed by atoms with Gasteiger partial charge < -0.3 is 0 Å². The van der Waals surface area contributed by atoms with Crippen molar-refractivity contribution in [3.8, 4) is 0 Å². The van der Waals surface area contributed by atoms with Crippen LogP contribution in [0.15, 0.2) is 11.1 Å². The van der Waals surface area contributed by atoms with E-state index in [4.69, 9.17) is 11.6 Å². The smallest absolute Gasteiger partial charge is 0.0115 e. The maximum Gasteiger partial charge on any atom is 0.0115 e. The fraction of sp³-hybridized carbons (Fsp3) is 0.714. The summed E-state index contributed by atoms with van der Waals surface area (Å²) in [7, 11) is 0. The van der Waals surface area contributed by atoms with Gasteiger partial charge in [0.25, 0.3) is 0 Å². The van der Waals surface area contributed by atoms with Gasteiger partial charge in [0.2, 0.25) is 0 Å². The Morgan fingerprint density at radius 3 is 1.75 bits per heavy atom. The summed E-state index contributed by atoms with van der Waals surface area (Å²) in [5, 5.41) is 0.873. The third-order valence-electron chi connectivity index (χ3n) is 0.632. The van der Waals surface area contributed by atoms with Gasteiger partial charge in [-0.3, -0.25) is 0 Å². The normalized spacial score (nSPS) is 14.4. The molecule has 0 bridgehead atoms. The third kappa shape index (κ3) is 6.03. The quantitative estimate of drug-likeness (QED) is 0.475. The number of hydrogen-bond acceptors (Lipinski definition) is 0. The van der Waals surface area contributed by atoms with Crippen LogP contribution in [0, 0.1) is 5.41 Å². The van der Waals surface area contributed by atoms with Gasteiger partial charge in [-0.1, -0.05) is 38.4 Å². The van der Waals surface area contributed by atoms with E-state index in [-0.39, 0.29) is 5.41 Å². The molecule has 0 aliphatic heterocycles. The number of halogens is 1. The second-order valence-corrected chi connectivity index (χ2v) is 3.69. The lowest BCUT2D eigenvalue weighted by molar-refractivity contribution is 0.542. The van der Waals surface area contributed by atoms with Crippen LogP contribution in [0.4, 0.5) is 0 Å². The molecule has 0 aliphatic carbocycles. The van der Waals surface area contributed by atoms with Crippen LogP contribution in [0.2, 0.25) is 0 Å². The molecule has 0 N–H and O–H groups in total. The Labute approximate surface area is 56.5 Å². The molecule has 0 aromatic rings. The predicted octanol–water partition coefficient (Wildman–Crippen LogP) is 3.18. The first-order valence-corrected chi connectivity index (χ1v) is 3.14. The topological polar surface area (TPSA) is 0 Å². The van der Waals surface area contributed by atoms with Gasteiger partial charge in [-0.15, -0.1) is 0 Å². The van der Waals surface area contributed by atoms with E-state index in [2.05, 4.69) is 20.8 Å². The highest BCUT2D eigenvalue weighted by atomic mass is 35.5. The van der Waals surface area contributed by atoms with Gasteiger partial charge >= 0.3 is 0 Å². The molecule has 0 saturated heterocycles. The minimum absolute atomic E-state index is 0.228. The molecule has 0 radical (unpaired) electrons. The van der Waals surface area contributed by atoms with Gasteiger partial charge in [-0.05, 0) is 12.3 Å². The molecule has 0 aromatic heterocycles. The molecule has 1 heteroatoms. The van der Waals surface area contributed by atoms with Gasteiger partial charge in [0.05, 0.1) is 0 Å². The summed E-state index contributed by atoms with van der Waals surface area (Å²) < 4.78 is 0. The van der Waals surface area contributed by atoms with Crippen LogP contribution in [0.25, 0.3) is 0 Å². The van der Waals surface area contributed by atoms with E-state index >= 15 is 0 Å². The zero-order valence-corrected chi connectivity index (χ0v) is 6.71. The second-order valence-electron chi connectivity index (χ2n) is 3.10. The molecule has 0 spiro atoms. The molecular weight excluding hydrogens is 120 g/mol. The van der Waals surface area contributed by atoms with Gasteiger partial charge in [-0.2, -0.15) is 0 Å². The predicted molar refractivity (Wildman–Crippen MR) is 39.1 cm³/mol. The average molecular weight is 133 g/mol. The van der Waals surface area contributed by atoms with Crippen molar-refractivity contribution in [2.45, 2.75) is 27.7 Å². The first kappa shape index (κ1) is 8.03. The molecule has 0 heterocycles. The van der Waals surface area contributed by atoms with Gasteiger partial charge in [0.1, 0.15) is 0 Å². The highest BCUT2D eigenvalue weighted by Gasteiger charge is 2.04. The minimum Gasteiger partial charge on any atom is -0.0898 e. The van der Waals surface area contributed by atoms with Crippen molar-refractivity contribution in [3.63, 3.8) is 0 Å². The first-order valence-electron chi connectivity index (χ1n) is 2.77. The van der Waals surface area contributed by atoms with Crippen LogP contribution < -0.4 is 0 Å². The molecule has 0 atom stereocenters. The molecule has 0 fully saturated rings. The first-order chi connectivity index (χ1) is 3.42. The molecule has 0 rings (SSSR count). The number of hydrogen-bond donors (Lipinski definition) is 0. The number of rotatable bonds is 0. The standard InChI is InChI=1S/C7H13Cl/c1-6(8)5-7(2,3)4/h5H,1-4H3. The van der Waals surface area contributed by atoms with E-state index in [1.807, 2.05) is 13.0 Å². The molecule has 0 amide bonds. The lowest BCUT2D eigenvalue weighted by atomic mass is 9.97. The van der Waals surface area contributed by atoms with Crippen LogP contribution in [-0.4, -0.2) is 0 Å². The van der Waals surface area contributed by atoms with Gasteiger partial charge in [-0.25, -0.2) is 0 Å². The highest BCUT2D eigenvalue weighted by molar-refractivity contribution is 6.29. The summed E-state index contributed by atoms with van der Waals surface area (Å²) in [4.78, 5) is 0. The molecule has 0 unspecified atom stereocenters. The van der Waals surface area contributed by atoms with Crippen molar-refractivity contribution in [2.24, 2.45) is 5.41 Å². The maximum atomic E-state index is 5.62. The fourth-order valence-corrected chi connectivity index (χ4v) is 0.924. The Kier molecular flexibility index (Phi) is 2.55. The largest absolute Gasteiger partial charge is 0.0898 e. The summed E-state index contributed by atoms with van der Waals surface area (Å²) in [6, 6.07) is 0. The lowest BCUT2D eigenvalue weighted by Crippen LogP contribution is -1.98. The van der Waals surface area contributed by atoms with Crippen molar-refractivity contribution < 1.29 is 0 Å². The molecule has 48 valence electrons. The molecular formula is C7H13Cl. The average Bonchev–Trinajstić information content (AvgIpc) is 1.21. The summed E-state index contributed by atoms with van der Waals surface area (Å²) in [5.74, 6) is 0. The van der Waals surface area contributed by atoms with Crippen molar-refractivity contribution in [2.75, 3.05) is 0 Å². The van der Waals surface area contributed by atoms with Crippen LogP contribution in [0.3, 0.4) is 0 Å². The van der Waals surface area contributed by atoms with Crippen LogP contribution in [0.1, 0.15) is 27.7 Å². The van der Waals surface area contributed by atoms with Crippen LogP contribution >= 0.6 is 11.6 Å². The van der Waals surface area contributed by atoms with E-state index in [0.29, 0.717) is 0 Å². The summed E-state index contributed by atoms with van der Waals surface area (Å²) in [6.07, 6.45) is 2.04. The van der Waals surface area contributed by atoms with Crippen molar-refractivity contribution in [1.82, 2.24) is 0 Å². The molecule has 0 aliphatic rings. The third-order valence-corrected chi connectivity index (χ3v) is 0.741. The lowest BCUT2D eigenvalue weighted by Gasteiger charge is -2.10. The maximum absolute atomic E-state index is 5.62. The zero-order chi connectivity index (χ0) is 6.78. The van der Waals surface area contributed by atoms with Crippen LogP contribution in [-0.2, 0) is 0 Å². The SMILES string of the molecule is CC(Cl)=CC(C)(C)C. The van der Waals surface area contributed by atoms with Crippen molar-refractivity contribution in [3.05, 3.63) is 11.1 Å². The molecule has 0 nitrogen and oxygen atoms in total. The Bertz CT molecular complexity index is 91.4. The summed E-state index contributed by atoms with van der Waals surface area (Å²) >= 11 is 5.62. The van der Waals surface area contributed by atoms with E-state index in [1.54, 1.807) is 0 Å². The number of allylic oxidation sites excluding steroid dienone is 2.